The SMILES string of the molecule is COc1ccc(S(=O)(=O)N2CCC[C@@H]2C(=O)Nc2nnc(C3CC3)s2)cc1. The summed E-state index contributed by atoms with van der Waals surface area (Å²) in [7, 11) is -2.24. The number of aromatic nitrogens is 2. The van der Waals surface area contributed by atoms with E-state index in [-0.39, 0.29) is 10.8 Å². The fourth-order valence-electron chi connectivity index (χ4n) is 3.14. The highest BCUT2D eigenvalue weighted by Crippen LogP contribution is 2.42. The average molecular weight is 409 g/mol. The first kappa shape index (κ1) is 18.3. The number of benzene rings is 1. The van der Waals surface area contributed by atoms with E-state index in [0.29, 0.717) is 36.2 Å². The lowest BCUT2D eigenvalue weighted by Gasteiger charge is -2.23. The lowest BCUT2D eigenvalue weighted by atomic mass is 10.2. The Hall–Kier alpha value is -2.04. The van der Waals surface area contributed by atoms with Gasteiger partial charge in [0.2, 0.25) is 21.1 Å². The molecule has 27 heavy (non-hydrogen) atoms. The predicted molar refractivity (Wildman–Crippen MR) is 100 cm³/mol. The average Bonchev–Trinajstić information content (AvgIpc) is 3.20. The number of methoxy groups -OCH3 is 1. The molecule has 0 radical (unpaired) electrons. The largest absolute Gasteiger partial charge is 0.497 e. The van der Waals surface area contributed by atoms with Crippen LogP contribution in [0.1, 0.15) is 36.6 Å². The number of carbonyl (C=O) groups excluding carboxylic acids is 1. The molecule has 144 valence electrons. The highest BCUT2D eigenvalue weighted by molar-refractivity contribution is 7.89. The monoisotopic (exact) mass is 408 g/mol. The zero-order chi connectivity index (χ0) is 19.0. The van der Waals surface area contributed by atoms with Crippen LogP contribution in [0.25, 0.3) is 0 Å². The fraction of sp³-hybridized carbons (Fsp3) is 0.471. The van der Waals surface area contributed by atoms with Crippen LogP contribution in [0.2, 0.25) is 0 Å². The van der Waals surface area contributed by atoms with Gasteiger partial charge in [-0.2, -0.15) is 4.31 Å². The molecular weight excluding hydrogens is 388 g/mol. The van der Waals surface area contributed by atoms with Crippen molar-refractivity contribution in [2.24, 2.45) is 0 Å². The summed E-state index contributed by atoms with van der Waals surface area (Å²) < 4.78 is 32.3. The van der Waals surface area contributed by atoms with Crippen LogP contribution >= 0.6 is 11.3 Å². The first-order valence-electron chi connectivity index (χ1n) is 8.79. The molecule has 1 N–H and O–H groups in total. The molecule has 0 bridgehead atoms. The Kier molecular flexibility index (Phi) is 4.87. The number of carbonyl (C=O) groups is 1. The molecule has 1 aliphatic carbocycles. The van der Waals surface area contributed by atoms with Gasteiger partial charge in [0.25, 0.3) is 0 Å². The zero-order valence-corrected chi connectivity index (χ0v) is 16.4. The first-order chi connectivity index (χ1) is 13.0. The minimum atomic E-state index is -3.76. The third kappa shape index (κ3) is 3.69. The van der Waals surface area contributed by atoms with Crippen LogP contribution in [0, 0.1) is 0 Å². The predicted octanol–water partition coefficient (Wildman–Crippen LogP) is 2.22. The minimum Gasteiger partial charge on any atom is -0.497 e. The molecule has 1 amide bonds. The molecule has 2 fully saturated rings. The lowest BCUT2D eigenvalue weighted by Crippen LogP contribution is -2.43. The molecule has 1 atom stereocenters. The van der Waals surface area contributed by atoms with Crippen molar-refractivity contribution >= 4 is 32.4 Å². The molecular formula is C17H20N4O4S2. The van der Waals surface area contributed by atoms with Crippen molar-refractivity contribution in [3.05, 3.63) is 29.3 Å². The highest BCUT2D eigenvalue weighted by Gasteiger charge is 2.40. The molecule has 1 aliphatic heterocycles. The molecule has 1 saturated heterocycles. The Balaban J connectivity index is 1.50. The number of rotatable bonds is 6. The molecule has 10 heteroatoms. The van der Waals surface area contributed by atoms with Gasteiger partial charge < -0.3 is 4.74 Å². The Labute approximate surface area is 161 Å². The lowest BCUT2D eigenvalue weighted by molar-refractivity contribution is -0.119. The van der Waals surface area contributed by atoms with Crippen molar-refractivity contribution in [3.8, 4) is 5.75 Å². The van der Waals surface area contributed by atoms with Crippen molar-refractivity contribution in [1.29, 1.82) is 0 Å². The number of sulfonamides is 1. The van der Waals surface area contributed by atoms with E-state index in [1.165, 1.54) is 34.9 Å². The standard InChI is InChI=1S/C17H20N4O4S2/c1-25-12-6-8-13(9-7-12)27(23,24)21-10-2-3-14(21)15(22)18-17-20-19-16(26-17)11-4-5-11/h6-9,11,14H,2-5,10H2,1H3,(H,18,20,22)/t14-/m1/s1. The van der Waals surface area contributed by atoms with Gasteiger partial charge in [0.05, 0.1) is 12.0 Å². The van der Waals surface area contributed by atoms with Crippen molar-refractivity contribution in [2.45, 2.75) is 42.5 Å². The normalized spacial score (nSPS) is 20.6. The van der Waals surface area contributed by atoms with Gasteiger partial charge in [0, 0.05) is 12.5 Å². The van der Waals surface area contributed by atoms with Crippen LogP contribution < -0.4 is 10.1 Å². The van der Waals surface area contributed by atoms with E-state index in [1.54, 1.807) is 12.1 Å². The number of ether oxygens (including phenoxy) is 1. The summed E-state index contributed by atoms with van der Waals surface area (Å²) in [5.41, 5.74) is 0. The number of nitrogens with one attached hydrogen (secondary N) is 1. The van der Waals surface area contributed by atoms with Gasteiger partial charge in [-0.05, 0) is 49.9 Å². The van der Waals surface area contributed by atoms with E-state index in [4.69, 9.17) is 4.74 Å². The van der Waals surface area contributed by atoms with Gasteiger partial charge in [-0.15, -0.1) is 10.2 Å². The highest BCUT2D eigenvalue weighted by atomic mass is 32.2. The maximum absolute atomic E-state index is 13.0. The summed E-state index contributed by atoms with van der Waals surface area (Å²) in [6.07, 6.45) is 3.34. The molecule has 2 aromatic rings. The molecule has 4 rings (SSSR count). The molecule has 2 heterocycles. The van der Waals surface area contributed by atoms with Gasteiger partial charge in [0.15, 0.2) is 0 Å². The number of hydrogen-bond acceptors (Lipinski definition) is 7. The topological polar surface area (TPSA) is 101 Å². The van der Waals surface area contributed by atoms with Gasteiger partial charge in [-0.1, -0.05) is 11.3 Å². The second-order valence-corrected chi connectivity index (χ2v) is 9.56. The van der Waals surface area contributed by atoms with Gasteiger partial charge in [0.1, 0.15) is 16.8 Å². The van der Waals surface area contributed by atoms with Crippen molar-refractivity contribution in [3.63, 3.8) is 0 Å². The molecule has 8 nitrogen and oxygen atoms in total. The summed E-state index contributed by atoms with van der Waals surface area (Å²) >= 11 is 1.36. The summed E-state index contributed by atoms with van der Waals surface area (Å²) in [6.45, 7) is 0.315. The summed E-state index contributed by atoms with van der Waals surface area (Å²) in [5, 5.41) is 12.2. The van der Waals surface area contributed by atoms with E-state index < -0.39 is 16.1 Å². The van der Waals surface area contributed by atoms with Crippen LogP contribution in [-0.4, -0.2) is 48.5 Å². The van der Waals surface area contributed by atoms with Gasteiger partial charge >= 0.3 is 0 Å². The van der Waals surface area contributed by atoms with Crippen molar-refractivity contribution in [2.75, 3.05) is 19.0 Å². The maximum atomic E-state index is 13.0. The van der Waals surface area contributed by atoms with Crippen molar-refractivity contribution < 1.29 is 17.9 Å². The summed E-state index contributed by atoms with van der Waals surface area (Å²) in [4.78, 5) is 12.8. The molecule has 1 saturated carbocycles. The van der Waals surface area contributed by atoms with Gasteiger partial charge in [-0.25, -0.2) is 8.42 Å². The number of nitrogens with zero attached hydrogens (tertiary/aromatic N) is 3. The number of amides is 1. The van der Waals surface area contributed by atoms with E-state index in [9.17, 15) is 13.2 Å². The van der Waals surface area contributed by atoms with E-state index in [1.807, 2.05) is 0 Å². The third-order valence-electron chi connectivity index (χ3n) is 4.77. The second kappa shape index (κ2) is 7.17. The Morgan fingerprint density at radius 3 is 2.63 bits per heavy atom. The van der Waals surface area contributed by atoms with Crippen molar-refractivity contribution in [1.82, 2.24) is 14.5 Å². The molecule has 0 spiro atoms. The van der Waals surface area contributed by atoms with Crippen LogP contribution in [-0.2, 0) is 14.8 Å². The van der Waals surface area contributed by atoms with E-state index >= 15 is 0 Å². The zero-order valence-electron chi connectivity index (χ0n) is 14.8. The Morgan fingerprint density at radius 1 is 1.22 bits per heavy atom. The number of anilines is 1. The Morgan fingerprint density at radius 2 is 1.96 bits per heavy atom. The van der Waals surface area contributed by atoms with E-state index in [2.05, 4.69) is 15.5 Å². The third-order valence-corrected chi connectivity index (χ3v) is 7.69. The second-order valence-electron chi connectivity index (χ2n) is 6.66. The minimum absolute atomic E-state index is 0.148. The molecule has 2 aliphatic rings. The van der Waals surface area contributed by atoms with Crippen LogP contribution in [0.4, 0.5) is 5.13 Å². The Bertz CT molecular complexity index is 938. The summed E-state index contributed by atoms with van der Waals surface area (Å²) in [5.74, 6) is 0.682. The fourth-order valence-corrected chi connectivity index (χ4v) is 5.71. The first-order valence-corrected chi connectivity index (χ1v) is 11.0. The number of hydrogen-bond donors (Lipinski definition) is 1. The van der Waals surface area contributed by atoms with Crippen LogP contribution in [0.3, 0.4) is 0 Å². The van der Waals surface area contributed by atoms with E-state index in [0.717, 1.165) is 17.8 Å². The molecule has 0 unspecified atom stereocenters. The smallest absolute Gasteiger partial charge is 0.244 e. The molecule has 1 aromatic carbocycles. The van der Waals surface area contributed by atoms with Gasteiger partial charge in [-0.3, -0.25) is 10.1 Å². The van der Waals surface area contributed by atoms with Crippen LogP contribution in [0.15, 0.2) is 29.2 Å². The maximum Gasteiger partial charge on any atom is 0.244 e. The van der Waals surface area contributed by atoms with Crippen LogP contribution in [0.5, 0.6) is 5.75 Å². The summed E-state index contributed by atoms with van der Waals surface area (Å²) in [6, 6.07) is 5.44. The quantitative estimate of drug-likeness (QED) is 0.786. The molecule has 1 aromatic heterocycles.